The summed E-state index contributed by atoms with van der Waals surface area (Å²) >= 11 is 0. The van der Waals surface area contributed by atoms with Gasteiger partial charge in [-0.3, -0.25) is 0 Å². The largest absolute Gasteiger partial charge is 0.438 e. The molecular weight excluding hydrogens is 326 g/mol. The van der Waals surface area contributed by atoms with Crippen LogP contribution in [-0.4, -0.2) is 34.8 Å². The van der Waals surface area contributed by atoms with Gasteiger partial charge in [-0.05, 0) is 31.5 Å². The molecule has 0 unspecified atom stereocenters. The van der Waals surface area contributed by atoms with Crippen LogP contribution >= 0.6 is 0 Å². The highest BCUT2D eigenvalue weighted by Crippen LogP contribution is 2.31. The summed E-state index contributed by atoms with van der Waals surface area (Å²) in [5, 5.41) is 9.49. The van der Waals surface area contributed by atoms with Crippen LogP contribution in [0, 0.1) is 18.3 Å². The van der Waals surface area contributed by atoms with Gasteiger partial charge in [0.2, 0.25) is 5.88 Å². The van der Waals surface area contributed by atoms with Crippen LogP contribution in [0.1, 0.15) is 44.6 Å². The number of aryl methyl sites for hydroxylation is 1. The molecule has 1 aromatic heterocycles. The standard InChI is InChI=1S/C20H25N5O/c1-7-25(6)13-23-16-11-15(12-21)17(10-14(16)2)26-18-8-9-22-19(24-18)20(3,4)5/h8-11,13H,7H2,1-6H3/b23-13-. The second-order valence-electron chi connectivity index (χ2n) is 7.14. The molecule has 0 fully saturated rings. The van der Waals surface area contributed by atoms with Gasteiger partial charge in [-0.15, -0.1) is 0 Å². The van der Waals surface area contributed by atoms with E-state index in [1.54, 1.807) is 24.7 Å². The van der Waals surface area contributed by atoms with Crippen LogP contribution in [-0.2, 0) is 5.41 Å². The van der Waals surface area contributed by atoms with Crippen molar-refractivity contribution < 1.29 is 4.74 Å². The lowest BCUT2D eigenvalue weighted by Gasteiger charge is -2.17. The minimum absolute atomic E-state index is 0.183. The Bertz CT molecular complexity index is 846. The summed E-state index contributed by atoms with van der Waals surface area (Å²) in [5.74, 6) is 1.57. The smallest absolute Gasteiger partial charge is 0.222 e. The van der Waals surface area contributed by atoms with Gasteiger partial charge in [0.1, 0.15) is 17.6 Å². The van der Waals surface area contributed by atoms with Gasteiger partial charge >= 0.3 is 0 Å². The SMILES string of the molecule is CCN(C)/C=N\c1cc(C#N)c(Oc2ccnc(C(C)(C)C)n2)cc1C. The van der Waals surface area contributed by atoms with Crippen LogP contribution in [0.15, 0.2) is 29.4 Å². The fourth-order valence-electron chi connectivity index (χ4n) is 2.10. The zero-order chi connectivity index (χ0) is 19.3. The van der Waals surface area contributed by atoms with Gasteiger partial charge in [0, 0.05) is 31.3 Å². The monoisotopic (exact) mass is 351 g/mol. The zero-order valence-corrected chi connectivity index (χ0v) is 16.2. The highest BCUT2D eigenvalue weighted by Gasteiger charge is 2.18. The molecule has 0 N–H and O–H groups in total. The number of aromatic nitrogens is 2. The highest BCUT2D eigenvalue weighted by molar-refractivity contribution is 5.66. The number of aliphatic imine (C=N–C) groups is 1. The van der Waals surface area contributed by atoms with Crippen LogP contribution in [0.2, 0.25) is 0 Å². The van der Waals surface area contributed by atoms with Crippen LogP contribution in [0.4, 0.5) is 5.69 Å². The van der Waals surface area contributed by atoms with Crippen molar-refractivity contribution >= 4 is 12.0 Å². The molecule has 0 radical (unpaired) electrons. The van der Waals surface area contributed by atoms with Crippen LogP contribution < -0.4 is 4.74 Å². The summed E-state index contributed by atoms with van der Waals surface area (Å²) in [6, 6.07) is 7.41. The Hall–Kier alpha value is -2.94. The lowest BCUT2D eigenvalue weighted by Crippen LogP contribution is -2.15. The molecule has 0 atom stereocenters. The fourth-order valence-corrected chi connectivity index (χ4v) is 2.10. The molecule has 0 saturated carbocycles. The van der Waals surface area contributed by atoms with Gasteiger partial charge in [0.15, 0.2) is 0 Å². The van der Waals surface area contributed by atoms with Gasteiger partial charge in [0.05, 0.1) is 17.6 Å². The van der Waals surface area contributed by atoms with Crippen molar-refractivity contribution in [3.63, 3.8) is 0 Å². The van der Waals surface area contributed by atoms with Gasteiger partial charge in [-0.1, -0.05) is 20.8 Å². The van der Waals surface area contributed by atoms with Crippen molar-refractivity contribution in [2.75, 3.05) is 13.6 Å². The van der Waals surface area contributed by atoms with Gasteiger partial charge in [-0.25, -0.2) is 9.98 Å². The van der Waals surface area contributed by atoms with E-state index in [9.17, 15) is 5.26 Å². The van der Waals surface area contributed by atoms with Crippen molar-refractivity contribution in [3.05, 3.63) is 41.3 Å². The maximum Gasteiger partial charge on any atom is 0.222 e. The summed E-state index contributed by atoms with van der Waals surface area (Å²) < 4.78 is 5.88. The number of ether oxygens (including phenoxy) is 1. The summed E-state index contributed by atoms with van der Waals surface area (Å²) in [4.78, 5) is 15.2. The van der Waals surface area contributed by atoms with E-state index in [1.165, 1.54) is 0 Å². The van der Waals surface area contributed by atoms with E-state index in [-0.39, 0.29) is 5.41 Å². The van der Waals surface area contributed by atoms with Crippen molar-refractivity contribution in [2.45, 2.75) is 40.0 Å². The molecule has 1 aromatic carbocycles. The van der Waals surface area contributed by atoms with Crippen molar-refractivity contribution in [3.8, 4) is 17.7 Å². The van der Waals surface area contributed by atoms with E-state index in [2.05, 4.69) is 21.0 Å². The molecule has 2 rings (SSSR count). The number of hydrogen-bond donors (Lipinski definition) is 0. The van der Waals surface area contributed by atoms with E-state index in [1.807, 2.05) is 52.6 Å². The minimum Gasteiger partial charge on any atom is -0.438 e. The van der Waals surface area contributed by atoms with E-state index < -0.39 is 0 Å². The Labute approximate surface area is 155 Å². The second-order valence-corrected chi connectivity index (χ2v) is 7.14. The van der Waals surface area contributed by atoms with E-state index >= 15 is 0 Å². The molecule has 0 aliphatic rings. The van der Waals surface area contributed by atoms with Crippen molar-refractivity contribution in [1.29, 1.82) is 5.26 Å². The average Bonchev–Trinajstić information content (AvgIpc) is 2.60. The fraction of sp³-hybridized carbons (Fsp3) is 0.400. The van der Waals surface area contributed by atoms with Gasteiger partial charge < -0.3 is 9.64 Å². The number of nitrogens with zero attached hydrogens (tertiary/aromatic N) is 5. The first kappa shape index (κ1) is 19.4. The molecule has 0 aliphatic carbocycles. The Morgan fingerprint density at radius 1 is 1.35 bits per heavy atom. The predicted molar refractivity (Wildman–Crippen MR) is 103 cm³/mol. The quantitative estimate of drug-likeness (QED) is 0.591. The Morgan fingerprint density at radius 3 is 2.69 bits per heavy atom. The number of nitriles is 1. The number of rotatable bonds is 5. The predicted octanol–water partition coefficient (Wildman–Crippen LogP) is 4.36. The molecule has 0 aliphatic heterocycles. The molecule has 0 saturated heterocycles. The molecule has 0 amide bonds. The maximum absolute atomic E-state index is 9.49. The first-order valence-corrected chi connectivity index (χ1v) is 8.55. The summed E-state index contributed by atoms with van der Waals surface area (Å²) in [5.41, 5.74) is 1.90. The molecule has 136 valence electrons. The van der Waals surface area contributed by atoms with Crippen LogP contribution in [0.5, 0.6) is 11.6 Å². The number of hydrogen-bond acceptors (Lipinski definition) is 5. The highest BCUT2D eigenvalue weighted by atomic mass is 16.5. The molecule has 0 spiro atoms. The molecule has 2 aromatic rings. The zero-order valence-electron chi connectivity index (χ0n) is 16.2. The summed E-state index contributed by atoms with van der Waals surface area (Å²) in [6.45, 7) is 11.0. The van der Waals surface area contributed by atoms with Crippen LogP contribution in [0.3, 0.4) is 0 Å². The normalized spacial score (nSPS) is 11.4. The van der Waals surface area contributed by atoms with E-state index in [4.69, 9.17) is 4.74 Å². The molecule has 26 heavy (non-hydrogen) atoms. The number of benzene rings is 1. The third kappa shape index (κ3) is 4.79. The summed E-state index contributed by atoms with van der Waals surface area (Å²) in [7, 11) is 1.95. The Morgan fingerprint density at radius 2 is 2.08 bits per heavy atom. The third-order valence-electron chi connectivity index (χ3n) is 3.83. The van der Waals surface area contributed by atoms with Crippen LogP contribution in [0.25, 0.3) is 0 Å². The summed E-state index contributed by atoms with van der Waals surface area (Å²) in [6.07, 6.45) is 3.42. The van der Waals surface area contributed by atoms with Gasteiger partial charge in [0.25, 0.3) is 0 Å². The van der Waals surface area contributed by atoms with Crippen molar-refractivity contribution in [2.24, 2.45) is 4.99 Å². The Kier molecular flexibility index (Phi) is 5.93. The minimum atomic E-state index is -0.183. The Balaban J connectivity index is 2.35. The lowest BCUT2D eigenvalue weighted by molar-refractivity contribution is 0.444. The maximum atomic E-state index is 9.49. The second kappa shape index (κ2) is 7.96. The molecule has 6 nitrogen and oxygen atoms in total. The topological polar surface area (TPSA) is 74.4 Å². The molecular formula is C20H25N5O. The van der Waals surface area contributed by atoms with E-state index in [0.717, 1.165) is 17.8 Å². The van der Waals surface area contributed by atoms with Crippen molar-refractivity contribution in [1.82, 2.24) is 14.9 Å². The third-order valence-corrected chi connectivity index (χ3v) is 3.83. The molecule has 1 heterocycles. The average molecular weight is 351 g/mol. The van der Waals surface area contributed by atoms with Gasteiger partial charge in [-0.2, -0.15) is 10.2 Å². The molecule has 6 heteroatoms. The molecule has 0 bridgehead atoms. The first-order valence-electron chi connectivity index (χ1n) is 8.55. The first-order chi connectivity index (χ1) is 12.2. The lowest BCUT2D eigenvalue weighted by atomic mass is 9.96. The van der Waals surface area contributed by atoms with E-state index in [0.29, 0.717) is 23.0 Å².